The molecule has 4 aromatic carbocycles. The van der Waals surface area contributed by atoms with Crippen molar-refractivity contribution in [3.05, 3.63) is 131 Å². The normalized spacial score (nSPS) is 14.4. The van der Waals surface area contributed by atoms with Gasteiger partial charge >= 0.3 is 0 Å². The van der Waals surface area contributed by atoms with E-state index in [1.54, 1.807) is 48.5 Å². The maximum atomic E-state index is 11.9. The summed E-state index contributed by atoms with van der Waals surface area (Å²) >= 11 is 0. The van der Waals surface area contributed by atoms with E-state index >= 15 is 0 Å². The largest absolute Gasteiger partial charge is 0.457 e. The number of benzene rings is 4. The van der Waals surface area contributed by atoms with Crippen LogP contribution in [0.4, 0.5) is 11.4 Å². The van der Waals surface area contributed by atoms with E-state index in [-0.39, 0.29) is 29.5 Å². The highest BCUT2D eigenvalue weighted by atomic mass is 16.5. The van der Waals surface area contributed by atoms with Gasteiger partial charge in [0.2, 0.25) is 0 Å². The van der Waals surface area contributed by atoms with Gasteiger partial charge in [-0.2, -0.15) is 0 Å². The van der Waals surface area contributed by atoms with E-state index in [4.69, 9.17) is 9.47 Å². The minimum atomic E-state index is -0.360. The Kier molecular flexibility index (Phi) is 7.41. The van der Waals surface area contributed by atoms with Crippen LogP contribution in [0.25, 0.3) is 0 Å². The molecule has 0 spiro atoms. The van der Waals surface area contributed by atoms with E-state index in [1.165, 1.54) is 24.3 Å². The molecule has 4 aromatic rings. The Morgan fingerprint density at radius 2 is 0.841 bits per heavy atom. The summed E-state index contributed by atoms with van der Waals surface area (Å²) in [6.07, 6.45) is 5.03. The molecule has 0 unspecified atom stereocenters. The summed E-state index contributed by atoms with van der Waals surface area (Å²) in [5.74, 6) is 1.30. The molecule has 2 heterocycles. The lowest BCUT2D eigenvalue weighted by molar-refractivity contribution is -0.121. The molecule has 0 bridgehead atoms. The van der Waals surface area contributed by atoms with Crippen LogP contribution in [-0.2, 0) is 19.2 Å². The van der Waals surface area contributed by atoms with Crippen molar-refractivity contribution in [3.63, 3.8) is 0 Å². The fraction of sp³-hybridized carbons (Fsp3) is 0.111. The number of rotatable bonds is 8. The molecule has 8 heteroatoms. The molecule has 0 fully saturated rings. The van der Waals surface area contributed by atoms with Gasteiger partial charge in [-0.15, -0.1) is 0 Å². The molecule has 0 saturated heterocycles. The standard InChI is InChI=1S/C36H28N2O6/c1-22-20-25(4-14-31(22)43-29-10-6-27(7-11-29)37-33(39)16-17-34(37)40)24(3)26-5-15-32(23(2)21-26)44-30-12-8-28(9-13-30)38-35(41)18-19-36(38)42/h4-21,24H,1-3H3. The van der Waals surface area contributed by atoms with Crippen LogP contribution in [0, 0.1) is 13.8 Å². The monoisotopic (exact) mass is 584 g/mol. The Labute approximate surface area is 254 Å². The highest BCUT2D eigenvalue weighted by molar-refractivity contribution is 6.28. The third kappa shape index (κ3) is 5.53. The zero-order valence-electron chi connectivity index (χ0n) is 24.3. The Balaban J connectivity index is 1.11. The Bertz CT molecular complexity index is 1700. The number of carbonyl (C=O) groups excluding carboxylic acids is 4. The smallest absolute Gasteiger partial charge is 0.258 e. The highest BCUT2D eigenvalue weighted by Gasteiger charge is 2.26. The topological polar surface area (TPSA) is 93.2 Å². The second-order valence-corrected chi connectivity index (χ2v) is 10.7. The molecule has 0 aliphatic carbocycles. The molecule has 218 valence electrons. The summed E-state index contributed by atoms with van der Waals surface area (Å²) < 4.78 is 12.2. The fourth-order valence-corrected chi connectivity index (χ4v) is 5.20. The van der Waals surface area contributed by atoms with Crippen molar-refractivity contribution in [3.8, 4) is 23.0 Å². The lowest BCUT2D eigenvalue weighted by Crippen LogP contribution is -2.29. The Morgan fingerprint density at radius 3 is 1.16 bits per heavy atom. The number of amides is 4. The predicted octanol–water partition coefficient (Wildman–Crippen LogP) is 6.90. The van der Waals surface area contributed by atoms with Gasteiger partial charge in [-0.1, -0.05) is 31.2 Å². The van der Waals surface area contributed by atoms with Crippen LogP contribution in [0.2, 0.25) is 0 Å². The first-order valence-corrected chi connectivity index (χ1v) is 14.1. The van der Waals surface area contributed by atoms with E-state index < -0.39 is 0 Å². The summed E-state index contributed by atoms with van der Waals surface area (Å²) in [7, 11) is 0. The number of aryl methyl sites for hydroxylation is 2. The Hall–Kier alpha value is -5.76. The van der Waals surface area contributed by atoms with Gasteiger partial charge in [-0.05, 0) is 96.8 Å². The first-order valence-electron chi connectivity index (χ1n) is 14.1. The number of imide groups is 2. The minimum Gasteiger partial charge on any atom is -0.457 e. The van der Waals surface area contributed by atoms with Crippen LogP contribution in [0.15, 0.2) is 109 Å². The van der Waals surface area contributed by atoms with Crippen LogP contribution in [0.5, 0.6) is 23.0 Å². The first-order chi connectivity index (χ1) is 21.2. The highest BCUT2D eigenvalue weighted by Crippen LogP contribution is 2.34. The third-order valence-corrected chi connectivity index (χ3v) is 7.66. The third-order valence-electron chi connectivity index (χ3n) is 7.66. The number of hydrogen-bond acceptors (Lipinski definition) is 6. The molecule has 0 radical (unpaired) electrons. The van der Waals surface area contributed by atoms with Gasteiger partial charge in [0.15, 0.2) is 0 Å². The molecule has 0 saturated carbocycles. The lowest BCUT2D eigenvalue weighted by Gasteiger charge is -2.18. The quantitative estimate of drug-likeness (QED) is 0.209. The number of hydrogen-bond donors (Lipinski definition) is 0. The maximum absolute atomic E-state index is 11.9. The van der Waals surface area contributed by atoms with Crippen LogP contribution in [0.1, 0.15) is 35.1 Å². The van der Waals surface area contributed by atoms with Gasteiger partial charge in [-0.3, -0.25) is 19.2 Å². The molecule has 0 aromatic heterocycles. The van der Waals surface area contributed by atoms with Crippen LogP contribution in [0.3, 0.4) is 0 Å². The molecule has 0 N–H and O–H groups in total. The second kappa shape index (κ2) is 11.5. The van der Waals surface area contributed by atoms with Gasteiger partial charge in [0.25, 0.3) is 23.6 Å². The lowest BCUT2D eigenvalue weighted by atomic mass is 9.91. The number of ether oxygens (including phenoxy) is 2. The summed E-state index contributed by atoms with van der Waals surface area (Å²) in [6.45, 7) is 6.13. The van der Waals surface area contributed by atoms with E-state index in [9.17, 15) is 19.2 Å². The first kappa shape index (κ1) is 28.4. The van der Waals surface area contributed by atoms with Gasteiger partial charge in [0.05, 0.1) is 11.4 Å². The van der Waals surface area contributed by atoms with Gasteiger partial charge in [0.1, 0.15) is 23.0 Å². The second-order valence-electron chi connectivity index (χ2n) is 10.7. The predicted molar refractivity (Wildman–Crippen MR) is 166 cm³/mol. The number of nitrogens with zero attached hydrogens (tertiary/aromatic N) is 2. The maximum Gasteiger partial charge on any atom is 0.258 e. The van der Waals surface area contributed by atoms with Crippen LogP contribution < -0.4 is 19.3 Å². The molecular formula is C36H28N2O6. The van der Waals surface area contributed by atoms with Crippen molar-refractivity contribution in [2.75, 3.05) is 9.80 Å². The van der Waals surface area contributed by atoms with Gasteiger partial charge in [-0.25, -0.2) is 9.80 Å². The average Bonchev–Trinajstić information content (AvgIpc) is 3.54. The van der Waals surface area contributed by atoms with Crippen molar-refractivity contribution >= 4 is 35.0 Å². The van der Waals surface area contributed by atoms with Crippen molar-refractivity contribution in [1.82, 2.24) is 0 Å². The molecule has 8 nitrogen and oxygen atoms in total. The van der Waals surface area contributed by atoms with E-state index in [2.05, 4.69) is 19.1 Å². The van der Waals surface area contributed by atoms with E-state index in [0.29, 0.717) is 34.4 Å². The molecule has 4 amide bonds. The minimum absolute atomic E-state index is 0.113. The van der Waals surface area contributed by atoms with Crippen molar-refractivity contribution in [2.24, 2.45) is 0 Å². The number of carbonyl (C=O) groups is 4. The summed E-state index contributed by atoms with van der Waals surface area (Å²) in [4.78, 5) is 50.0. The molecule has 44 heavy (non-hydrogen) atoms. The average molecular weight is 585 g/mol. The molecule has 2 aliphatic rings. The van der Waals surface area contributed by atoms with Crippen LogP contribution >= 0.6 is 0 Å². The van der Waals surface area contributed by atoms with Crippen molar-refractivity contribution < 1.29 is 28.7 Å². The van der Waals surface area contributed by atoms with Crippen LogP contribution in [-0.4, -0.2) is 23.6 Å². The van der Waals surface area contributed by atoms with Gasteiger partial charge < -0.3 is 9.47 Å². The van der Waals surface area contributed by atoms with Gasteiger partial charge in [0, 0.05) is 30.2 Å². The SMILES string of the molecule is Cc1cc(C(C)c2ccc(Oc3ccc(N4C(=O)C=CC4=O)cc3)c(C)c2)ccc1Oc1ccc(N2C(=O)C=CC2=O)cc1. The molecule has 6 rings (SSSR count). The molecular weight excluding hydrogens is 556 g/mol. The zero-order valence-corrected chi connectivity index (χ0v) is 24.3. The number of anilines is 2. The van der Waals surface area contributed by atoms with E-state index in [0.717, 1.165) is 32.1 Å². The zero-order chi connectivity index (χ0) is 31.0. The summed E-state index contributed by atoms with van der Waals surface area (Å²) in [5.41, 5.74) is 5.20. The van der Waals surface area contributed by atoms with E-state index in [1.807, 2.05) is 38.1 Å². The fourth-order valence-electron chi connectivity index (χ4n) is 5.20. The summed E-state index contributed by atoms with van der Waals surface area (Å²) in [6, 6.07) is 25.9. The van der Waals surface area contributed by atoms with Crippen molar-refractivity contribution in [1.29, 1.82) is 0 Å². The molecule has 2 aliphatic heterocycles. The Morgan fingerprint density at radius 1 is 0.500 bits per heavy atom. The summed E-state index contributed by atoms with van der Waals surface area (Å²) in [5, 5.41) is 0. The van der Waals surface area contributed by atoms with Crippen molar-refractivity contribution in [2.45, 2.75) is 26.7 Å². The molecule has 0 atom stereocenters.